The highest BCUT2D eigenvalue weighted by Crippen LogP contribution is 2.28. The van der Waals surface area contributed by atoms with Gasteiger partial charge in [0.1, 0.15) is 0 Å². The molecule has 1 aromatic carbocycles. The average molecular weight is 205 g/mol. The first-order valence-electron chi connectivity index (χ1n) is 5.09. The number of hydrogen-bond acceptors (Lipinski definition) is 3. The van der Waals surface area contributed by atoms with Crippen LogP contribution in [0.1, 0.15) is 19.4 Å². The van der Waals surface area contributed by atoms with Crippen molar-refractivity contribution >= 4 is 5.71 Å². The van der Waals surface area contributed by atoms with Crippen LogP contribution in [-0.4, -0.2) is 23.5 Å². The summed E-state index contributed by atoms with van der Waals surface area (Å²) >= 11 is 0. The number of ether oxygens (including phenoxy) is 1. The Bertz CT molecular complexity index is 374. The minimum atomic E-state index is -1.34. The molecule has 0 aromatic heterocycles. The first-order chi connectivity index (χ1) is 7.13. The van der Waals surface area contributed by atoms with Gasteiger partial charge >= 0.3 is 0 Å². The van der Waals surface area contributed by atoms with Crippen molar-refractivity contribution in [3.8, 4) is 0 Å². The molecule has 1 N–H and O–H groups in total. The van der Waals surface area contributed by atoms with Gasteiger partial charge in [-0.1, -0.05) is 30.3 Å². The van der Waals surface area contributed by atoms with Crippen LogP contribution in [0.3, 0.4) is 0 Å². The number of rotatable bonds is 1. The van der Waals surface area contributed by atoms with E-state index in [1.54, 1.807) is 6.92 Å². The van der Waals surface area contributed by atoms with Crippen LogP contribution < -0.4 is 0 Å². The van der Waals surface area contributed by atoms with Crippen LogP contribution in [0, 0.1) is 0 Å². The van der Waals surface area contributed by atoms with E-state index in [0.717, 1.165) is 5.56 Å². The third kappa shape index (κ3) is 1.80. The number of nitrogens with zero attached hydrogens (tertiary/aromatic N) is 1. The highest BCUT2D eigenvalue weighted by molar-refractivity contribution is 5.90. The molecule has 0 amide bonds. The van der Waals surface area contributed by atoms with E-state index in [-0.39, 0.29) is 6.04 Å². The second-order valence-corrected chi connectivity index (χ2v) is 3.88. The van der Waals surface area contributed by atoms with E-state index in [2.05, 4.69) is 4.99 Å². The number of hydrogen-bond donors (Lipinski definition) is 1. The Kier molecular flexibility index (Phi) is 2.59. The van der Waals surface area contributed by atoms with Gasteiger partial charge in [-0.15, -0.1) is 0 Å². The molecule has 2 atom stereocenters. The van der Waals surface area contributed by atoms with Crippen LogP contribution in [0.25, 0.3) is 0 Å². The van der Waals surface area contributed by atoms with E-state index in [0.29, 0.717) is 12.3 Å². The molecular formula is C12H15NO2. The molecule has 0 aliphatic carbocycles. The lowest BCUT2D eigenvalue weighted by atomic mass is 10.00. The molecule has 15 heavy (non-hydrogen) atoms. The molecule has 1 aliphatic rings. The van der Waals surface area contributed by atoms with Crippen LogP contribution in [0.4, 0.5) is 0 Å². The lowest BCUT2D eigenvalue weighted by molar-refractivity contribution is -0.167. The summed E-state index contributed by atoms with van der Waals surface area (Å²) in [6.45, 7) is 4.21. The first kappa shape index (κ1) is 10.3. The van der Waals surface area contributed by atoms with Gasteiger partial charge in [0.25, 0.3) is 0 Å². The third-order valence-electron chi connectivity index (χ3n) is 2.60. The lowest BCUT2D eigenvalue weighted by Crippen LogP contribution is -2.43. The minimum absolute atomic E-state index is 0.119. The largest absolute Gasteiger partial charge is 0.357 e. The topological polar surface area (TPSA) is 41.8 Å². The summed E-state index contributed by atoms with van der Waals surface area (Å²) in [6.07, 6.45) is 0. The maximum absolute atomic E-state index is 10.4. The number of aliphatic imine (C=N–C) groups is 1. The molecule has 0 spiro atoms. The summed E-state index contributed by atoms with van der Waals surface area (Å²) in [5.41, 5.74) is 1.35. The minimum Gasteiger partial charge on any atom is -0.357 e. The van der Waals surface area contributed by atoms with Gasteiger partial charge < -0.3 is 9.84 Å². The van der Waals surface area contributed by atoms with Gasteiger partial charge in [-0.05, 0) is 13.8 Å². The van der Waals surface area contributed by atoms with Crippen molar-refractivity contribution in [3.63, 3.8) is 0 Å². The Morgan fingerprint density at radius 2 is 2.07 bits per heavy atom. The lowest BCUT2D eigenvalue weighted by Gasteiger charge is -2.33. The molecule has 1 unspecified atom stereocenters. The Hall–Kier alpha value is -1.19. The van der Waals surface area contributed by atoms with Crippen molar-refractivity contribution in [3.05, 3.63) is 35.9 Å². The zero-order valence-electron chi connectivity index (χ0n) is 8.97. The first-order valence-corrected chi connectivity index (χ1v) is 5.09. The van der Waals surface area contributed by atoms with Gasteiger partial charge in [0, 0.05) is 5.56 Å². The van der Waals surface area contributed by atoms with Gasteiger partial charge in [-0.3, -0.25) is 4.99 Å². The summed E-state index contributed by atoms with van der Waals surface area (Å²) in [4.78, 5) is 4.35. The summed E-state index contributed by atoms with van der Waals surface area (Å²) in [5, 5.41) is 10.4. The predicted octanol–water partition coefficient (Wildman–Crippen LogP) is 1.71. The fourth-order valence-corrected chi connectivity index (χ4v) is 1.76. The van der Waals surface area contributed by atoms with Crippen LogP contribution in [0.2, 0.25) is 0 Å². The zero-order chi connectivity index (χ0) is 10.9. The normalized spacial score (nSPS) is 31.1. The molecule has 1 aromatic rings. The van der Waals surface area contributed by atoms with Gasteiger partial charge in [0.15, 0.2) is 0 Å². The smallest absolute Gasteiger partial charge is 0.232 e. The van der Waals surface area contributed by atoms with E-state index in [1.165, 1.54) is 0 Å². The molecule has 80 valence electrons. The average Bonchev–Trinajstić information content (AvgIpc) is 2.25. The molecule has 0 saturated heterocycles. The molecule has 3 nitrogen and oxygen atoms in total. The molecule has 1 heterocycles. The highest BCUT2D eigenvalue weighted by Gasteiger charge is 2.37. The second-order valence-electron chi connectivity index (χ2n) is 3.88. The fraction of sp³-hybridized carbons (Fsp3) is 0.417. The van der Waals surface area contributed by atoms with Crippen molar-refractivity contribution < 1.29 is 9.84 Å². The SMILES string of the molecule is CC1=N[C@@H](C)COC1(O)c1ccccc1. The Balaban J connectivity index is 2.39. The second kappa shape index (κ2) is 3.76. The molecule has 2 rings (SSSR count). The Morgan fingerprint density at radius 1 is 1.40 bits per heavy atom. The van der Waals surface area contributed by atoms with Gasteiger partial charge in [-0.2, -0.15) is 0 Å². The van der Waals surface area contributed by atoms with Gasteiger partial charge in [0.2, 0.25) is 5.79 Å². The van der Waals surface area contributed by atoms with Crippen molar-refractivity contribution in [1.29, 1.82) is 0 Å². The van der Waals surface area contributed by atoms with Crippen molar-refractivity contribution in [2.75, 3.05) is 6.61 Å². The Morgan fingerprint density at radius 3 is 2.67 bits per heavy atom. The maximum Gasteiger partial charge on any atom is 0.232 e. The standard InChI is InChI=1S/C12H15NO2/c1-9-8-15-12(14,10(2)13-9)11-6-4-3-5-7-11/h3-7,9,14H,8H2,1-2H3/t9-,12?/m0/s1. The van der Waals surface area contributed by atoms with Crippen LogP contribution in [0.15, 0.2) is 35.3 Å². The van der Waals surface area contributed by atoms with Crippen LogP contribution >= 0.6 is 0 Å². The quantitative estimate of drug-likeness (QED) is 0.758. The van der Waals surface area contributed by atoms with Crippen molar-refractivity contribution in [2.45, 2.75) is 25.7 Å². The molecule has 0 saturated carbocycles. The molecule has 0 radical (unpaired) electrons. The molecule has 0 fully saturated rings. The molecule has 0 bridgehead atoms. The van der Waals surface area contributed by atoms with E-state index < -0.39 is 5.79 Å². The summed E-state index contributed by atoms with van der Waals surface area (Å²) in [6, 6.07) is 9.47. The van der Waals surface area contributed by atoms with E-state index in [9.17, 15) is 5.11 Å². The Labute approximate surface area is 89.4 Å². The number of aliphatic hydroxyl groups is 1. The molecule has 3 heteroatoms. The number of benzene rings is 1. The van der Waals surface area contributed by atoms with E-state index in [1.807, 2.05) is 37.3 Å². The van der Waals surface area contributed by atoms with Crippen LogP contribution in [0.5, 0.6) is 0 Å². The van der Waals surface area contributed by atoms with Gasteiger partial charge in [0.05, 0.1) is 18.4 Å². The van der Waals surface area contributed by atoms with E-state index >= 15 is 0 Å². The third-order valence-corrected chi connectivity index (χ3v) is 2.60. The molecule has 1 aliphatic heterocycles. The summed E-state index contributed by atoms with van der Waals surface area (Å²) < 4.78 is 5.50. The monoisotopic (exact) mass is 205 g/mol. The van der Waals surface area contributed by atoms with Crippen molar-refractivity contribution in [1.82, 2.24) is 0 Å². The van der Waals surface area contributed by atoms with Crippen molar-refractivity contribution in [2.24, 2.45) is 4.99 Å². The summed E-state index contributed by atoms with van der Waals surface area (Å²) in [7, 11) is 0. The zero-order valence-corrected chi connectivity index (χ0v) is 8.97. The van der Waals surface area contributed by atoms with E-state index in [4.69, 9.17) is 4.74 Å². The maximum atomic E-state index is 10.4. The van der Waals surface area contributed by atoms with Gasteiger partial charge in [-0.25, -0.2) is 0 Å². The fourth-order valence-electron chi connectivity index (χ4n) is 1.76. The predicted molar refractivity (Wildman–Crippen MR) is 58.9 cm³/mol. The van der Waals surface area contributed by atoms with Crippen LogP contribution in [-0.2, 0) is 10.5 Å². The summed E-state index contributed by atoms with van der Waals surface area (Å²) in [5.74, 6) is -1.34. The highest BCUT2D eigenvalue weighted by atomic mass is 16.6. The molecular weight excluding hydrogens is 190 g/mol.